The number of hydrogen-bond donors (Lipinski definition) is 2. The van der Waals surface area contributed by atoms with Crippen molar-refractivity contribution in [1.29, 1.82) is 0 Å². The first-order chi connectivity index (χ1) is 10.4. The Labute approximate surface area is 125 Å². The van der Waals surface area contributed by atoms with Crippen LogP contribution in [0.3, 0.4) is 0 Å². The van der Waals surface area contributed by atoms with E-state index < -0.39 is 17.8 Å². The van der Waals surface area contributed by atoms with E-state index in [1.165, 1.54) is 0 Å². The maximum absolute atomic E-state index is 12.7. The van der Waals surface area contributed by atoms with Crippen molar-refractivity contribution in [2.24, 2.45) is 5.18 Å². The molecule has 1 aromatic carbocycles. The minimum atomic E-state index is -4.56. The molecular weight excluding hydrogens is 299 g/mol. The van der Waals surface area contributed by atoms with Crippen molar-refractivity contribution < 1.29 is 18.0 Å². The number of urea groups is 1. The SMILES string of the molecule is O=Nc1ccc(C(F)(F)F)cc1NC(=O)NC1CCCCC1. The van der Waals surface area contributed by atoms with Crippen LogP contribution in [0.25, 0.3) is 0 Å². The largest absolute Gasteiger partial charge is 0.416 e. The number of nitrogens with zero attached hydrogens (tertiary/aromatic N) is 1. The molecular formula is C14H16F3N3O2. The normalized spacial score (nSPS) is 16.1. The second kappa shape index (κ2) is 6.76. The summed E-state index contributed by atoms with van der Waals surface area (Å²) in [6.07, 6.45) is 0.263. The average molecular weight is 315 g/mol. The Bertz CT molecular complexity index is 555. The molecule has 1 saturated carbocycles. The Kier molecular flexibility index (Phi) is 4.99. The van der Waals surface area contributed by atoms with Crippen LogP contribution in [0.5, 0.6) is 0 Å². The summed E-state index contributed by atoms with van der Waals surface area (Å²) in [6.45, 7) is 0. The molecule has 0 unspecified atom stereocenters. The summed E-state index contributed by atoms with van der Waals surface area (Å²) in [5, 5.41) is 7.61. The highest BCUT2D eigenvalue weighted by Crippen LogP contribution is 2.35. The van der Waals surface area contributed by atoms with E-state index in [1.807, 2.05) is 0 Å². The van der Waals surface area contributed by atoms with Gasteiger partial charge >= 0.3 is 12.2 Å². The van der Waals surface area contributed by atoms with Crippen LogP contribution in [0.1, 0.15) is 37.7 Å². The van der Waals surface area contributed by atoms with Gasteiger partial charge in [0.05, 0.1) is 11.3 Å². The van der Waals surface area contributed by atoms with Gasteiger partial charge in [-0.15, -0.1) is 4.91 Å². The number of anilines is 1. The minimum absolute atomic E-state index is 0.00666. The molecule has 0 heterocycles. The quantitative estimate of drug-likeness (QED) is 0.803. The molecule has 1 aliphatic rings. The second-order valence-corrected chi connectivity index (χ2v) is 5.25. The van der Waals surface area contributed by atoms with Gasteiger partial charge in [-0.2, -0.15) is 13.2 Å². The predicted molar refractivity (Wildman–Crippen MR) is 75.9 cm³/mol. The smallest absolute Gasteiger partial charge is 0.335 e. The topological polar surface area (TPSA) is 70.6 Å². The summed E-state index contributed by atoms with van der Waals surface area (Å²) < 4.78 is 38.0. The van der Waals surface area contributed by atoms with E-state index in [1.54, 1.807) is 0 Å². The van der Waals surface area contributed by atoms with Crippen LogP contribution in [0.2, 0.25) is 0 Å². The third-order valence-corrected chi connectivity index (χ3v) is 3.61. The number of nitroso groups, excluding NO2 is 1. The van der Waals surface area contributed by atoms with Gasteiger partial charge in [0.2, 0.25) is 0 Å². The molecule has 0 aromatic heterocycles. The van der Waals surface area contributed by atoms with Crippen LogP contribution in [-0.4, -0.2) is 12.1 Å². The second-order valence-electron chi connectivity index (χ2n) is 5.25. The van der Waals surface area contributed by atoms with Crippen molar-refractivity contribution >= 4 is 17.4 Å². The zero-order valence-electron chi connectivity index (χ0n) is 11.7. The van der Waals surface area contributed by atoms with Crippen molar-refractivity contribution in [2.75, 3.05) is 5.32 Å². The summed E-state index contributed by atoms with van der Waals surface area (Å²) in [5.74, 6) is 0. The number of amides is 2. The van der Waals surface area contributed by atoms with E-state index in [9.17, 15) is 22.9 Å². The molecule has 2 amide bonds. The van der Waals surface area contributed by atoms with E-state index >= 15 is 0 Å². The van der Waals surface area contributed by atoms with Crippen molar-refractivity contribution in [1.82, 2.24) is 5.32 Å². The van der Waals surface area contributed by atoms with Gasteiger partial charge in [0.15, 0.2) is 0 Å². The summed E-state index contributed by atoms with van der Waals surface area (Å²) in [4.78, 5) is 22.5. The molecule has 0 bridgehead atoms. The number of nitrogens with one attached hydrogen (secondary N) is 2. The lowest BCUT2D eigenvalue weighted by Crippen LogP contribution is -2.39. The van der Waals surface area contributed by atoms with Crippen LogP contribution < -0.4 is 10.6 Å². The van der Waals surface area contributed by atoms with E-state index in [4.69, 9.17) is 0 Å². The first kappa shape index (κ1) is 16.3. The number of benzene rings is 1. The fourth-order valence-corrected chi connectivity index (χ4v) is 2.48. The molecule has 0 saturated heterocycles. The molecule has 1 aromatic rings. The Morgan fingerprint density at radius 2 is 1.86 bits per heavy atom. The number of carbonyl (C=O) groups excluding carboxylic acids is 1. The van der Waals surface area contributed by atoms with Crippen LogP contribution in [-0.2, 0) is 6.18 Å². The fraction of sp³-hybridized carbons (Fsp3) is 0.500. The first-order valence-electron chi connectivity index (χ1n) is 7.02. The Morgan fingerprint density at radius 1 is 1.18 bits per heavy atom. The molecule has 0 atom stereocenters. The fourth-order valence-electron chi connectivity index (χ4n) is 2.48. The average Bonchev–Trinajstić information content (AvgIpc) is 2.47. The first-order valence-corrected chi connectivity index (χ1v) is 7.02. The van der Waals surface area contributed by atoms with Gasteiger partial charge in [-0.05, 0) is 36.2 Å². The van der Waals surface area contributed by atoms with Gasteiger partial charge in [-0.3, -0.25) is 0 Å². The molecule has 8 heteroatoms. The van der Waals surface area contributed by atoms with Crippen LogP contribution in [0.4, 0.5) is 29.3 Å². The third kappa shape index (κ3) is 4.19. The third-order valence-electron chi connectivity index (χ3n) is 3.61. The van der Waals surface area contributed by atoms with Gasteiger partial charge in [0.1, 0.15) is 5.69 Å². The summed E-state index contributed by atoms with van der Waals surface area (Å²) in [6, 6.07) is 1.77. The Morgan fingerprint density at radius 3 is 2.45 bits per heavy atom. The highest BCUT2D eigenvalue weighted by molar-refractivity contribution is 5.92. The van der Waals surface area contributed by atoms with Crippen molar-refractivity contribution in [2.45, 2.75) is 44.3 Å². The van der Waals surface area contributed by atoms with E-state index in [2.05, 4.69) is 15.8 Å². The summed E-state index contributed by atoms with van der Waals surface area (Å²) in [7, 11) is 0. The number of rotatable bonds is 3. The summed E-state index contributed by atoms with van der Waals surface area (Å²) in [5.41, 5.74) is -1.45. The number of alkyl halides is 3. The van der Waals surface area contributed by atoms with Gasteiger partial charge in [0, 0.05) is 6.04 Å². The standard InChI is InChI=1S/C14H16F3N3O2/c15-14(16,17)9-6-7-11(20-22)12(8-9)19-13(21)18-10-4-2-1-3-5-10/h6-8,10H,1-5H2,(H2,18,19,21). The lowest BCUT2D eigenvalue weighted by Gasteiger charge is -2.23. The van der Waals surface area contributed by atoms with Crippen LogP contribution >= 0.6 is 0 Å². The Balaban J connectivity index is 2.09. The van der Waals surface area contributed by atoms with E-state index in [0.717, 1.165) is 44.2 Å². The minimum Gasteiger partial charge on any atom is -0.335 e. The molecule has 1 aliphatic carbocycles. The van der Waals surface area contributed by atoms with Crippen LogP contribution in [0, 0.1) is 4.91 Å². The number of halogens is 3. The monoisotopic (exact) mass is 315 g/mol. The van der Waals surface area contributed by atoms with E-state index in [-0.39, 0.29) is 17.4 Å². The zero-order valence-corrected chi connectivity index (χ0v) is 11.7. The summed E-state index contributed by atoms with van der Waals surface area (Å²) >= 11 is 0. The molecule has 5 nitrogen and oxygen atoms in total. The molecule has 0 spiro atoms. The van der Waals surface area contributed by atoms with Crippen molar-refractivity contribution in [3.63, 3.8) is 0 Å². The van der Waals surface area contributed by atoms with Gasteiger partial charge in [-0.1, -0.05) is 19.3 Å². The van der Waals surface area contributed by atoms with Crippen LogP contribution in [0.15, 0.2) is 23.4 Å². The lowest BCUT2D eigenvalue weighted by atomic mass is 9.96. The zero-order chi connectivity index (χ0) is 16.2. The molecule has 1 fully saturated rings. The number of hydrogen-bond acceptors (Lipinski definition) is 3. The molecule has 2 rings (SSSR count). The molecule has 22 heavy (non-hydrogen) atoms. The highest BCUT2D eigenvalue weighted by atomic mass is 19.4. The maximum Gasteiger partial charge on any atom is 0.416 e. The van der Waals surface area contributed by atoms with Crippen molar-refractivity contribution in [3.05, 3.63) is 28.7 Å². The van der Waals surface area contributed by atoms with Crippen molar-refractivity contribution in [3.8, 4) is 0 Å². The predicted octanol–water partition coefficient (Wildman–Crippen LogP) is 4.56. The molecule has 120 valence electrons. The lowest BCUT2D eigenvalue weighted by molar-refractivity contribution is -0.137. The van der Waals surface area contributed by atoms with Gasteiger partial charge < -0.3 is 10.6 Å². The van der Waals surface area contributed by atoms with E-state index in [0.29, 0.717) is 6.07 Å². The maximum atomic E-state index is 12.7. The Hall–Kier alpha value is -2.12. The molecule has 2 N–H and O–H groups in total. The highest BCUT2D eigenvalue weighted by Gasteiger charge is 2.31. The molecule has 0 aliphatic heterocycles. The van der Waals surface area contributed by atoms with Gasteiger partial charge in [-0.25, -0.2) is 4.79 Å². The van der Waals surface area contributed by atoms with Gasteiger partial charge in [0.25, 0.3) is 0 Å². The number of carbonyl (C=O) groups is 1. The molecule has 0 radical (unpaired) electrons.